The van der Waals surface area contributed by atoms with Gasteiger partial charge in [-0.1, -0.05) is 45.4 Å². The largest absolute Gasteiger partial charge is 0.353 e. The summed E-state index contributed by atoms with van der Waals surface area (Å²) >= 11 is 0. The number of nitrogens with two attached hydrogens (primary N) is 1. The molecule has 0 aromatic carbocycles. The Balaban J connectivity index is 1.97. The van der Waals surface area contributed by atoms with Crippen LogP contribution in [-0.2, 0) is 4.79 Å². The van der Waals surface area contributed by atoms with E-state index in [1.807, 2.05) is 0 Å². The Morgan fingerprint density at radius 3 is 2.42 bits per heavy atom. The van der Waals surface area contributed by atoms with Crippen LogP contribution in [0.25, 0.3) is 0 Å². The predicted molar refractivity (Wildman–Crippen MR) is 78.8 cm³/mol. The van der Waals surface area contributed by atoms with E-state index < -0.39 is 0 Å². The minimum absolute atomic E-state index is 0.244. The van der Waals surface area contributed by atoms with Gasteiger partial charge >= 0.3 is 0 Å². The van der Waals surface area contributed by atoms with Gasteiger partial charge in [-0.2, -0.15) is 0 Å². The van der Waals surface area contributed by atoms with Gasteiger partial charge in [0.25, 0.3) is 0 Å². The summed E-state index contributed by atoms with van der Waals surface area (Å²) in [5, 5.41) is 3.35. The van der Waals surface area contributed by atoms with Crippen molar-refractivity contribution in [2.45, 2.75) is 77.2 Å². The molecule has 2 aliphatic rings. The first-order valence-corrected chi connectivity index (χ1v) is 8.19. The zero-order valence-corrected chi connectivity index (χ0v) is 12.4. The molecule has 1 amide bonds. The van der Waals surface area contributed by atoms with E-state index in [-0.39, 0.29) is 11.3 Å². The zero-order chi connectivity index (χ0) is 13.7. The SMILES string of the molecule is CC1CCCCCC1NC(=O)C1(CN)CCCCC1. The van der Waals surface area contributed by atoms with Gasteiger partial charge in [0.2, 0.25) is 5.91 Å². The van der Waals surface area contributed by atoms with Crippen molar-refractivity contribution in [3.63, 3.8) is 0 Å². The topological polar surface area (TPSA) is 55.1 Å². The average molecular weight is 266 g/mol. The lowest BCUT2D eigenvalue weighted by Gasteiger charge is -2.37. The Hall–Kier alpha value is -0.570. The molecule has 0 bridgehead atoms. The predicted octanol–water partition coefficient (Wildman–Crippen LogP) is 2.98. The highest BCUT2D eigenvalue weighted by Gasteiger charge is 2.39. The van der Waals surface area contributed by atoms with Gasteiger partial charge in [-0.15, -0.1) is 0 Å². The van der Waals surface area contributed by atoms with Gasteiger partial charge in [0, 0.05) is 12.6 Å². The van der Waals surface area contributed by atoms with Crippen LogP contribution in [0.1, 0.15) is 71.1 Å². The van der Waals surface area contributed by atoms with E-state index in [4.69, 9.17) is 5.73 Å². The number of nitrogens with one attached hydrogen (secondary N) is 1. The highest BCUT2D eigenvalue weighted by atomic mass is 16.2. The molecule has 0 aliphatic heterocycles. The minimum atomic E-state index is -0.260. The molecule has 2 aliphatic carbocycles. The van der Waals surface area contributed by atoms with Gasteiger partial charge in [-0.3, -0.25) is 4.79 Å². The molecule has 3 nitrogen and oxygen atoms in total. The lowest BCUT2D eigenvalue weighted by Crippen LogP contribution is -2.51. The normalized spacial score (nSPS) is 31.5. The maximum Gasteiger partial charge on any atom is 0.227 e. The standard InChI is InChI=1S/C16H30N2O/c1-13-8-4-2-5-9-14(13)18-15(19)16(12-17)10-6-3-7-11-16/h13-14H,2-12,17H2,1H3,(H,18,19). The second-order valence-corrected chi connectivity index (χ2v) is 6.74. The fraction of sp³-hybridized carbons (Fsp3) is 0.938. The number of carbonyl (C=O) groups excluding carboxylic acids is 1. The summed E-state index contributed by atoms with van der Waals surface area (Å²) in [4.78, 5) is 12.7. The quantitative estimate of drug-likeness (QED) is 0.772. The van der Waals surface area contributed by atoms with Crippen LogP contribution < -0.4 is 11.1 Å². The molecule has 2 saturated carbocycles. The van der Waals surface area contributed by atoms with Crippen molar-refractivity contribution in [1.29, 1.82) is 0 Å². The molecule has 19 heavy (non-hydrogen) atoms. The number of carbonyl (C=O) groups is 1. The summed E-state index contributed by atoms with van der Waals surface area (Å²) in [7, 11) is 0. The monoisotopic (exact) mass is 266 g/mol. The van der Waals surface area contributed by atoms with E-state index in [2.05, 4.69) is 12.2 Å². The van der Waals surface area contributed by atoms with E-state index in [0.717, 1.165) is 32.1 Å². The van der Waals surface area contributed by atoms with Crippen molar-refractivity contribution in [1.82, 2.24) is 5.32 Å². The zero-order valence-electron chi connectivity index (χ0n) is 12.4. The molecular formula is C16H30N2O. The second-order valence-electron chi connectivity index (χ2n) is 6.74. The Morgan fingerprint density at radius 2 is 1.74 bits per heavy atom. The van der Waals surface area contributed by atoms with Crippen LogP contribution in [0.5, 0.6) is 0 Å². The number of hydrogen-bond donors (Lipinski definition) is 2. The van der Waals surface area contributed by atoms with Crippen molar-refractivity contribution < 1.29 is 4.79 Å². The average Bonchev–Trinajstić information content (AvgIpc) is 2.65. The molecule has 0 saturated heterocycles. The first kappa shape index (κ1) is 14.8. The molecule has 3 N–H and O–H groups in total. The van der Waals surface area contributed by atoms with Gasteiger partial charge in [0.05, 0.1) is 5.41 Å². The number of rotatable bonds is 3. The summed E-state index contributed by atoms with van der Waals surface area (Å²) in [6.45, 7) is 2.80. The van der Waals surface area contributed by atoms with Crippen molar-refractivity contribution in [2.24, 2.45) is 17.1 Å². The molecular weight excluding hydrogens is 236 g/mol. The highest BCUT2D eigenvalue weighted by Crippen LogP contribution is 2.36. The van der Waals surface area contributed by atoms with E-state index in [1.54, 1.807) is 0 Å². The maximum absolute atomic E-state index is 12.7. The van der Waals surface area contributed by atoms with Gasteiger partial charge in [0.15, 0.2) is 0 Å². The van der Waals surface area contributed by atoms with Crippen molar-refractivity contribution in [3.05, 3.63) is 0 Å². The molecule has 0 spiro atoms. The Kier molecular flexibility index (Phi) is 5.26. The molecule has 0 heterocycles. The minimum Gasteiger partial charge on any atom is -0.353 e. The smallest absolute Gasteiger partial charge is 0.227 e. The first-order chi connectivity index (χ1) is 9.18. The lowest BCUT2D eigenvalue weighted by atomic mass is 9.73. The van der Waals surface area contributed by atoms with E-state index in [0.29, 0.717) is 18.5 Å². The summed E-state index contributed by atoms with van der Waals surface area (Å²) in [5.41, 5.74) is 5.69. The second kappa shape index (κ2) is 6.74. The lowest BCUT2D eigenvalue weighted by molar-refractivity contribution is -0.133. The summed E-state index contributed by atoms with van der Waals surface area (Å²) in [6.07, 6.45) is 11.8. The van der Waals surface area contributed by atoms with Crippen LogP contribution in [0, 0.1) is 11.3 Å². The van der Waals surface area contributed by atoms with Crippen LogP contribution in [0.3, 0.4) is 0 Å². The molecule has 2 fully saturated rings. The molecule has 2 unspecified atom stereocenters. The fourth-order valence-corrected chi connectivity index (χ4v) is 3.78. The summed E-state index contributed by atoms with van der Waals surface area (Å²) in [6, 6.07) is 0.375. The summed E-state index contributed by atoms with van der Waals surface area (Å²) < 4.78 is 0. The number of hydrogen-bond acceptors (Lipinski definition) is 2. The fourth-order valence-electron chi connectivity index (χ4n) is 3.78. The van der Waals surface area contributed by atoms with E-state index >= 15 is 0 Å². The molecule has 0 radical (unpaired) electrons. The molecule has 3 heteroatoms. The Bertz CT molecular complexity index is 297. The van der Waals surface area contributed by atoms with E-state index in [9.17, 15) is 4.79 Å². The highest BCUT2D eigenvalue weighted by molar-refractivity contribution is 5.83. The molecule has 2 rings (SSSR count). The number of amides is 1. The van der Waals surface area contributed by atoms with Crippen LogP contribution in [0.15, 0.2) is 0 Å². The van der Waals surface area contributed by atoms with Gasteiger partial charge in [0.1, 0.15) is 0 Å². The van der Waals surface area contributed by atoms with Crippen molar-refractivity contribution >= 4 is 5.91 Å². The van der Waals surface area contributed by atoms with Crippen LogP contribution in [0.2, 0.25) is 0 Å². The van der Waals surface area contributed by atoms with Crippen molar-refractivity contribution in [3.8, 4) is 0 Å². The van der Waals surface area contributed by atoms with Gasteiger partial charge < -0.3 is 11.1 Å². The van der Waals surface area contributed by atoms with Gasteiger partial charge in [-0.05, 0) is 31.6 Å². The Labute approximate surface area is 117 Å². The molecule has 2 atom stereocenters. The molecule has 110 valence electrons. The van der Waals surface area contributed by atoms with Crippen LogP contribution in [-0.4, -0.2) is 18.5 Å². The third-order valence-corrected chi connectivity index (χ3v) is 5.36. The summed E-state index contributed by atoms with van der Waals surface area (Å²) in [5.74, 6) is 0.860. The molecule has 0 aromatic rings. The molecule has 0 aromatic heterocycles. The maximum atomic E-state index is 12.7. The van der Waals surface area contributed by atoms with Crippen LogP contribution in [0.4, 0.5) is 0 Å². The first-order valence-electron chi connectivity index (χ1n) is 8.19. The van der Waals surface area contributed by atoms with Crippen molar-refractivity contribution in [2.75, 3.05) is 6.54 Å². The van der Waals surface area contributed by atoms with E-state index in [1.165, 1.54) is 32.1 Å². The van der Waals surface area contributed by atoms with Crippen LogP contribution >= 0.6 is 0 Å². The third-order valence-electron chi connectivity index (χ3n) is 5.36. The third kappa shape index (κ3) is 3.50. The van der Waals surface area contributed by atoms with Gasteiger partial charge in [-0.25, -0.2) is 0 Å². The Morgan fingerprint density at radius 1 is 1.11 bits per heavy atom.